The second-order valence-corrected chi connectivity index (χ2v) is 11.3. The van der Waals surface area contributed by atoms with Crippen LogP contribution in [0, 0.1) is 0 Å². The molecule has 0 saturated carbocycles. The van der Waals surface area contributed by atoms with E-state index < -0.39 is 20.0 Å². The van der Waals surface area contributed by atoms with E-state index in [2.05, 4.69) is 0 Å². The second-order valence-electron chi connectivity index (χ2n) is 7.33. The highest BCUT2D eigenvalue weighted by atomic mass is 32.2. The number of sulfonamides is 2. The molecule has 0 atom stereocenters. The van der Waals surface area contributed by atoms with Crippen LogP contribution in [0.25, 0.3) is 6.08 Å². The minimum Gasteiger partial charge on any atom is -0.339 e. The smallest absolute Gasteiger partial charge is 0.246 e. The Bertz CT molecular complexity index is 960. The third kappa shape index (κ3) is 5.90. The first-order chi connectivity index (χ1) is 14.0. The molecule has 0 aromatic heterocycles. The van der Waals surface area contributed by atoms with Gasteiger partial charge in [-0.05, 0) is 36.6 Å². The number of hydrogen-bond acceptors (Lipinski definition) is 5. The summed E-state index contributed by atoms with van der Waals surface area (Å²) in [5.74, 6) is -0.143. The van der Waals surface area contributed by atoms with Gasteiger partial charge in [0.05, 0.1) is 11.2 Å². The predicted molar refractivity (Wildman–Crippen MR) is 118 cm³/mol. The lowest BCUT2D eigenvalue weighted by Crippen LogP contribution is -2.46. The fourth-order valence-corrected chi connectivity index (χ4v) is 5.67. The molecule has 0 bridgehead atoms. The summed E-state index contributed by atoms with van der Waals surface area (Å²) in [7, 11) is -5.17. The molecule has 0 radical (unpaired) electrons. The third-order valence-electron chi connectivity index (χ3n) is 5.46. The number of benzene rings is 1. The Morgan fingerprint density at radius 1 is 1.07 bits per heavy atom. The van der Waals surface area contributed by atoms with E-state index in [0.29, 0.717) is 39.0 Å². The highest BCUT2D eigenvalue weighted by molar-refractivity contribution is 7.89. The summed E-state index contributed by atoms with van der Waals surface area (Å²) < 4.78 is 51.1. The van der Waals surface area contributed by atoms with Crippen molar-refractivity contribution in [3.63, 3.8) is 0 Å². The van der Waals surface area contributed by atoms with E-state index in [-0.39, 0.29) is 16.8 Å². The number of piperidine rings is 1. The summed E-state index contributed by atoms with van der Waals surface area (Å²) >= 11 is 0. The molecule has 1 saturated heterocycles. The van der Waals surface area contributed by atoms with Crippen LogP contribution in [0.4, 0.5) is 0 Å². The number of rotatable bonds is 8. The average molecular weight is 458 g/mol. The van der Waals surface area contributed by atoms with Gasteiger partial charge in [0.2, 0.25) is 26.0 Å². The molecule has 1 aromatic carbocycles. The molecule has 1 aromatic rings. The van der Waals surface area contributed by atoms with Crippen molar-refractivity contribution in [1.82, 2.24) is 13.5 Å². The molecular weight excluding hydrogens is 426 g/mol. The SMILES string of the molecule is CCN(CC)S(=O)(=O)c1ccc(/C=C/C(=O)N2CCC(N(C)S(C)(=O)=O)CC2)cc1. The van der Waals surface area contributed by atoms with E-state index in [0.717, 1.165) is 5.56 Å². The van der Waals surface area contributed by atoms with Crippen molar-refractivity contribution in [1.29, 1.82) is 0 Å². The summed E-state index contributed by atoms with van der Waals surface area (Å²) in [6.45, 7) is 5.40. The Balaban J connectivity index is 1.98. The molecule has 0 unspecified atom stereocenters. The average Bonchev–Trinajstić information content (AvgIpc) is 2.72. The molecular formula is C20H31N3O5S2. The van der Waals surface area contributed by atoms with E-state index in [1.54, 1.807) is 56.1 Å². The van der Waals surface area contributed by atoms with Crippen LogP contribution in [0.15, 0.2) is 35.2 Å². The van der Waals surface area contributed by atoms with Crippen LogP contribution in [0.1, 0.15) is 32.3 Å². The molecule has 1 aliphatic rings. The first kappa shape index (κ1) is 24.5. The Morgan fingerprint density at radius 3 is 2.07 bits per heavy atom. The van der Waals surface area contributed by atoms with Crippen molar-refractivity contribution < 1.29 is 21.6 Å². The molecule has 1 heterocycles. The second kappa shape index (κ2) is 10.0. The van der Waals surface area contributed by atoms with Crippen molar-refractivity contribution >= 4 is 32.0 Å². The first-order valence-corrected chi connectivity index (χ1v) is 13.3. The van der Waals surface area contributed by atoms with Crippen molar-refractivity contribution in [3.05, 3.63) is 35.9 Å². The van der Waals surface area contributed by atoms with E-state index in [9.17, 15) is 21.6 Å². The van der Waals surface area contributed by atoms with Crippen LogP contribution in [0.3, 0.4) is 0 Å². The van der Waals surface area contributed by atoms with Gasteiger partial charge in [-0.2, -0.15) is 4.31 Å². The van der Waals surface area contributed by atoms with E-state index >= 15 is 0 Å². The summed E-state index contributed by atoms with van der Waals surface area (Å²) in [5, 5.41) is 0. The number of likely N-dealkylation sites (tertiary alicyclic amines) is 1. The van der Waals surface area contributed by atoms with Crippen molar-refractivity contribution in [2.24, 2.45) is 0 Å². The number of nitrogens with zero attached hydrogens (tertiary/aromatic N) is 3. The molecule has 8 nitrogen and oxygen atoms in total. The molecule has 168 valence electrons. The largest absolute Gasteiger partial charge is 0.339 e. The van der Waals surface area contributed by atoms with Gasteiger partial charge in [-0.3, -0.25) is 4.79 Å². The van der Waals surface area contributed by atoms with Gasteiger partial charge in [0, 0.05) is 45.3 Å². The lowest BCUT2D eigenvalue weighted by molar-refractivity contribution is -0.127. The maximum Gasteiger partial charge on any atom is 0.246 e. The van der Waals surface area contributed by atoms with Crippen LogP contribution >= 0.6 is 0 Å². The van der Waals surface area contributed by atoms with Gasteiger partial charge in [-0.25, -0.2) is 21.1 Å². The Morgan fingerprint density at radius 2 is 1.60 bits per heavy atom. The predicted octanol–water partition coefficient (Wildman–Crippen LogP) is 1.61. The van der Waals surface area contributed by atoms with Gasteiger partial charge < -0.3 is 4.90 Å². The van der Waals surface area contributed by atoms with Gasteiger partial charge in [0.25, 0.3) is 0 Å². The molecule has 0 spiro atoms. The minimum absolute atomic E-state index is 0.0895. The Hall–Kier alpha value is -1.75. The van der Waals surface area contributed by atoms with Crippen LogP contribution in [-0.2, 0) is 24.8 Å². The molecule has 10 heteroatoms. The Kier molecular flexibility index (Phi) is 8.20. The van der Waals surface area contributed by atoms with Gasteiger partial charge in [-0.15, -0.1) is 0 Å². The van der Waals surface area contributed by atoms with E-state index in [1.807, 2.05) is 0 Å². The molecule has 30 heavy (non-hydrogen) atoms. The maximum atomic E-state index is 12.5. The zero-order valence-electron chi connectivity index (χ0n) is 18.0. The summed E-state index contributed by atoms with van der Waals surface area (Å²) in [6, 6.07) is 6.35. The normalized spacial score (nSPS) is 16.7. The molecule has 1 aliphatic heterocycles. The summed E-state index contributed by atoms with van der Waals surface area (Å²) in [4.78, 5) is 14.4. The number of hydrogen-bond donors (Lipinski definition) is 0. The van der Waals surface area contributed by atoms with Gasteiger partial charge in [0.1, 0.15) is 0 Å². The highest BCUT2D eigenvalue weighted by Crippen LogP contribution is 2.19. The van der Waals surface area contributed by atoms with Crippen LogP contribution in [-0.4, -0.2) is 81.8 Å². The van der Waals surface area contributed by atoms with Crippen molar-refractivity contribution in [2.75, 3.05) is 39.5 Å². The van der Waals surface area contributed by atoms with Crippen molar-refractivity contribution in [2.45, 2.75) is 37.6 Å². The van der Waals surface area contributed by atoms with Crippen LogP contribution < -0.4 is 0 Å². The minimum atomic E-state index is -3.50. The first-order valence-electron chi connectivity index (χ1n) is 10.0. The standard InChI is InChI=1S/C20H31N3O5S2/c1-5-23(6-2)30(27,28)19-10-7-17(8-11-19)9-12-20(24)22-15-13-18(14-16-22)21(3)29(4,25)26/h7-12,18H,5-6,13-16H2,1-4H3/b12-9+. The van der Waals surface area contributed by atoms with Gasteiger partial charge in [0.15, 0.2) is 0 Å². The summed E-state index contributed by atoms with van der Waals surface area (Å²) in [5.41, 5.74) is 0.730. The number of carbonyl (C=O) groups excluding carboxylic acids is 1. The van der Waals surface area contributed by atoms with Gasteiger partial charge in [-0.1, -0.05) is 26.0 Å². The fourth-order valence-electron chi connectivity index (χ4n) is 3.46. The monoisotopic (exact) mass is 457 g/mol. The van der Waals surface area contributed by atoms with E-state index in [1.165, 1.54) is 20.9 Å². The van der Waals surface area contributed by atoms with Crippen LogP contribution in [0.5, 0.6) is 0 Å². The molecule has 0 aliphatic carbocycles. The summed E-state index contributed by atoms with van der Waals surface area (Å²) in [6.07, 6.45) is 5.51. The molecule has 2 rings (SSSR count). The molecule has 1 amide bonds. The lowest BCUT2D eigenvalue weighted by atomic mass is 10.1. The van der Waals surface area contributed by atoms with E-state index in [4.69, 9.17) is 0 Å². The topological polar surface area (TPSA) is 95.1 Å². The zero-order chi connectivity index (χ0) is 22.5. The fraction of sp³-hybridized carbons (Fsp3) is 0.550. The van der Waals surface area contributed by atoms with Gasteiger partial charge >= 0.3 is 0 Å². The molecule has 0 N–H and O–H groups in total. The number of amides is 1. The molecule has 1 fully saturated rings. The Labute approximate surface area is 180 Å². The lowest BCUT2D eigenvalue weighted by Gasteiger charge is -2.35. The third-order valence-corrected chi connectivity index (χ3v) is 8.86. The van der Waals surface area contributed by atoms with Crippen molar-refractivity contribution in [3.8, 4) is 0 Å². The highest BCUT2D eigenvalue weighted by Gasteiger charge is 2.28. The number of carbonyl (C=O) groups is 1. The maximum absolute atomic E-state index is 12.5. The zero-order valence-corrected chi connectivity index (χ0v) is 19.6. The van der Waals surface area contributed by atoms with Crippen LogP contribution in [0.2, 0.25) is 0 Å². The quantitative estimate of drug-likeness (QED) is 0.553.